The standard InChI is InChI=1S/C84H134N8O18/c1-77(2,3)103-69(93)53-85-37-39-87(55-71(95)105-79(7,8)9)45-47-91(59-75(99)109-83(19,20)21)67(51-89(43-41-85)57-73(97)107-81(13,14)15)65-33-29-63(30-34-65)61-101-49-27-25-26-28-50-102-62-64-31-35-66(36-32-64)68-52-90(58-74(98)108-82(16,17)18)44-42-86(54-70(94)104-78(4,5)6)38-40-88(56-72(96)106-80(10,11)12)46-48-92(68)60-76(100)110-84(22,23)24/h29-36,67-68H,37-62H2,1-24H3. The van der Waals surface area contributed by atoms with Crippen LogP contribution in [0.1, 0.15) is 201 Å². The molecule has 2 heterocycles. The number of hydrogen-bond donors (Lipinski definition) is 0. The van der Waals surface area contributed by atoms with E-state index in [1.807, 2.05) is 254 Å². The first-order valence-electron chi connectivity index (χ1n) is 38.6. The van der Waals surface area contributed by atoms with Gasteiger partial charge >= 0.3 is 47.8 Å². The number of nitrogens with zero attached hydrogens (tertiary/aromatic N) is 8. The lowest BCUT2D eigenvalue weighted by molar-refractivity contribution is -0.160. The fourth-order valence-electron chi connectivity index (χ4n) is 12.0. The molecule has 0 radical (unpaired) electrons. The van der Waals surface area contributed by atoms with Crippen LogP contribution in [0, 0.1) is 23.7 Å². The van der Waals surface area contributed by atoms with Crippen molar-refractivity contribution in [3.63, 3.8) is 0 Å². The van der Waals surface area contributed by atoms with E-state index in [1.54, 1.807) is 0 Å². The van der Waals surface area contributed by atoms with Crippen LogP contribution in [0.2, 0.25) is 0 Å². The molecule has 2 aromatic rings. The minimum absolute atomic E-state index is 0.0235. The molecule has 2 aromatic carbocycles. The highest BCUT2D eigenvalue weighted by Crippen LogP contribution is 2.28. The summed E-state index contributed by atoms with van der Waals surface area (Å²) < 4.78 is 58.7. The Hall–Kier alpha value is -7.08. The quantitative estimate of drug-likeness (QED) is 0.0412. The third-order valence-corrected chi connectivity index (χ3v) is 16.1. The summed E-state index contributed by atoms with van der Waals surface area (Å²) >= 11 is 0. The first kappa shape index (κ1) is 95.3. The molecule has 2 saturated heterocycles. The Balaban J connectivity index is 1.59. The zero-order chi connectivity index (χ0) is 82.6. The van der Waals surface area contributed by atoms with Gasteiger partial charge in [0.05, 0.1) is 65.6 Å². The van der Waals surface area contributed by atoms with Gasteiger partial charge in [0, 0.05) is 104 Å². The SMILES string of the molecule is CC(C)(C)OC(=O)CN1CCN(CC(=O)OC(C)(C)C)CCN(CC(=O)OC(C)(C)C)C(c2ccc(COCC#CC#CCOCc3ccc(C4CN(CC(=O)OC(C)(C)C)CCN(CC(=O)OC(C)(C)C)CCN(CC(=O)OC(C)(C)C)CCN4CC(=O)OC(C)(C)C)cc3)cc2)CN(CC(=O)OC(C)(C)C)CC1. The molecule has 0 N–H and O–H groups in total. The second kappa shape index (κ2) is 43.3. The molecule has 26 nitrogen and oxygen atoms in total. The summed E-state index contributed by atoms with van der Waals surface area (Å²) in [6, 6.07) is 14.7. The van der Waals surface area contributed by atoms with Gasteiger partial charge in [-0.3, -0.25) is 77.6 Å². The topological polar surface area (TPSA) is 255 Å². The van der Waals surface area contributed by atoms with E-state index in [9.17, 15) is 38.4 Å². The largest absolute Gasteiger partial charge is 0.459 e. The van der Waals surface area contributed by atoms with Crippen molar-refractivity contribution < 1.29 is 85.7 Å². The maximum atomic E-state index is 13.9. The molecule has 4 rings (SSSR count). The highest BCUT2D eigenvalue weighted by molar-refractivity contribution is 5.75. The van der Waals surface area contributed by atoms with Crippen LogP contribution in [0.25, 0.3) is 0 Å². The second-order valence-corrected chi connectivity index (χ2v) is 36.3. The molecule has 0 spiro atoms. The number of carbonyl (C=O) groups is 8. The summed E-state index contributed by atoms with van der Waals surface area (Å²) in [5.41, 5.74) is -2.55. The average Bonchev–Trinajstić information content (AvgIpc) is 0.829. The zero-order valence-electron chi connectivity index (χ0n) is 71.1. The van der Waals surface area contributed by atoms with E-state index in [-0.39, 0.29) is 91.9 Å². The number of hydrogen-bond acceptors (Lipinski definition) is 26. The fraction of sp³-hybridized carbons (Fsp3) is 0.714. The van der Waals surface area contributed by atoms with Gasteiger partial charge in [0.25, 0.3) is 0 Å². The molecule has 0 saturated carbocycles. The van der Waals surface area contributed by atoms with Gasteiger partial charge in [0.15, 0.2) is 0 Å². The van der Waals surface area contributed by atoms with Crippen molar-refractivity contribution >= 4 is 47.8 Å². The van der Waals surface area contributed by atoms with E-state index in [1.165, 1.54) is 0 Å². The third-order valence-electron chi connectivity index (χ3n) is 16.1. The minimum atomic E-state index is -0.775. The normalized spacial score (nSPS) is 18.0. The van der Waals surface area contributed by atoms with Crippen molar-refractivity contribution in [3.8, 4) is 23.7 Å². The van der Waals surface area contributed by atoms with Gasteiger partial charge in [-0.2, -0.15) is 0 Å². The Labute approximate surface area is 657 Å². The summed E-state index contributed by atoms with van der Waals surface area (Å²) in [6.07, 6.45) is 0. The van der Waals surface area contributed by atoms with E-state index >= 15 is 0 Å². The first-order chi connectivity index (χ1) is 50.7. The maximum absolute atomic E-state index is 13.9. The molecular formula is C84H134N8O18. The van der Waals surface area contributed by atoms with E-state index in [0.29, 0.717) is 78.5 Å². The van der Waals surface area contributed by atoms with Crippen molar-refractivity contribution in [2.45, 2.75) is 236 Å². The predicted octanol–water partition coefficient (Wildman–Crippen LogP) is 8.69. The number of carbonyl (C=O) groups excluding carboxylic acids is 8. The highest BCUT2D eigenvalue weighted by atomic mass is 16.6. The number of ether oxygens (including phenoxy) is 10. The molecule has 0 bridgehead atoms. The molecule has 2 aliphatic rings. The van der Waals surface area contributed by atoms with Crippen LogP contribution in [0.5, 0.6) is 0 Å². The highest BCUT2D eigenvalue weighted by Gasteiger charge is 2.35. The Morgan fingerprint density at radius 2 is 0.473 bits per heavy atom. The summed E-state index contributed by atoms with van der Waals surface area (Å²) in [6.45, 7) is 48.4. The van der Waals surface area contributed by atoms with E-state index in [4.69, 9.17) is 47.4 Å². The molecule has 0 aromatic heterocycles. The summed E-state index contributed by atoms with van der Waals surface area (Å²) in [7, 11) is 0. The molecule has 2 atom stereocenters. The average molecular weight is 1540 g/mol. The molecular weight excluding hydrogens is 1410 g/mol. The van der Waals surface area contributed by atoms with Crippen molar-refractivity contribution in [2.24, 2.45) is 0 Å². The van der Waals surface area contributed by atoms with Gasteiger partial charge in [-0.05, 0) is 200 Å². The Kier molecular flexibility index (Phi) is 37.5. The zero-order valence-corrected chi connectivity index (χ0v) is 71.1. The molecule has 2 unspecified atom stereocenters. The summed E-state index contributed by atoms with van der Waals surface area (Å²) in [4.78, 5) is 125. The van der Waals surface area contributed by atoms with Crippen LogP contribution in [-0.2, 0) is 98.9 Å². The molecule has 2 aliphatic heterocycles. The van der Waals surface area contributed by atoms with Gasteiger partial charge in [0.1, 0.15) is 58.0 Å². The Morgan fingerprint density at radius 3 is 0.691 bits per heavy atom. The summed E-state index contributed by atoms with van der Waals surface area (Å²) in [5, 5.41) is 0. The van der Waals surface area contributed by atoms with Crippen molar-refractivity contribution in [2.75, 3.05) is 157 Å². The lowest BCUT2D eigenvalue weighted by atomic mass is 10.0. The lowest BCUT2D eigenvalue weighted by Gasteiger charge is -2.39. The molecule has 110 heavy (non-hydrogen) atoms. The first-order valence-corrected chi connectivity index (χ1v) is 38.6. The van der Waals surface area contributed by atoms with Crippen molar-refractivity contribution in [1.29, 1.82) is 0 Å². The van der Waals surface area contributed by atoms with Crippen LogP contribution in [0.4, 0.5) is 0 Å². The smallest absolute Gasteiger partial charge is 0.320 e. The van der Waals surface area contributed by atoms with Gasteiger partial charge in [-0.1, -0.05) is 60.4 Å². The Morgan fingerprint density at radius 1 is 0.282 bits per heavy atom. The van der Waals surface area contributed by atoms with Crippen molar-refractivity contribution in [3.05, 3.63) is 70.8 Å². The van der Waals surface area contributed by atoms with Gasteiger partial charge < -0.3 is 47.4 Å². The van der Waals surface area contributed by atoms with E-state index in [2.05, 4.69) is 23.7 Å². The lowest BCUT2D eigenvalue weighted by Crippen LogP contribution is -2.51. The monoisotopic (exact) mass is 1540 g/mol. The van der Waals surface area contributed by atoms with Gasteiger partial charge in [-0.15, -0.1) is 0 Å². The van der Waals surface area contributed by atoms with Crippen molar-refractivity contribution in [1.82, 2.24) is 39.2 Å². The fourth-order valence-corrected chi connectivity index (χ4v) is 12.0. The van der Waals surface area contributed by atoms with Crippen LogP contribution in [0.15, 0.2) is 48.5 Å². The molecule has 2 fully saturated rings. The molecule has 0 aliphatic carbocycles. The molecule has 618 valence electrons. The maximum Gasteiger partial charge on any atom is 0.320 e. The number of rotatable bonds is 24. The van der Waals surface area contributed by atoms with E-state index in [0.717, 1.165) is 22.3 Å². The predicted molar refractivity (Wildman–Crippen MR) is 422 cm³/mol. The van der Waals surface area contributed by atoms with E-state index < -0.39 is 105 Å². The molecule has 26 heteroatoms. The Bertz CT molecular complexity index is 3170. The second-order valence-electron chi connectivity index (χ2n) is 36.3. The minimum Gasteiger partial charge on any atom is -0.459 e. The number of esters is 8. The third kappa shape index (κ3) is 43.7. The van der Waals surface area contributed by atoms with Crippen LogP contribution >= 0.6 is 0 Å². The van der Waals surface area contributed by atoms with Crippen LogP contribution in [-0.4, -0.2) is 289 Å². The van der Waals surface area contributed by atoms with Crippen LogP contribution in [0.3, 0.4) is 0 Å². The number of benzene rings is 2. The molecule has 0 amide bonds. The van der Waals surface area contributed by atoms with Crippen LogP contribution < -0.4 is 0 Å². The van der Waals surface area contributed by atoms with Gasteiger partial charge in [-0.25, -0.2) is 0 Å². The summed E-state index contributed by atoms with van der Waals surface area (Å²) in [5.74, 6) is 8.27. The van der Waals surface area contributed by atoms with Gasteiger partial charge in [0.2, 0.25) is 0 Å².